The van der Waals surface area contributed by atoms with Gasteiger partial charge in [-0.2, -0.15) is 0 Å². The van der Waals surface area contributed by atoms with Crippen molar-refractivity contribution < 1.29 is 4.79 Å². The van der Waals surface area contributed by atoms with Crippen LogP contribution < -0.4 is 5.01 Å². The molecular formula is C29H33N3O. The maximum atomic E-state index is 14.4. The Balaban J connectivity index is 1.51. The molecule has 5 rings (SSSR count). The smallest absolute Gasteiger partial charge is 0.256 e. The lowest BCUT2D eigenvalue weighted by molar-refractivity contribution is -0.124. The van der Waals surface area contributed by atoms with Crippen molar-refractivity contribution in [2.24, 2.45) is 0 Å². The van der Waals surface area contributed by atoms with Crippen LogP contribution in [0.3, 0.4) is 0 Å². The van der Waals surface area contributed by atoms with Gasteiger partial charge in [0.2, 0.25) is 0 Å². The van der Waals surface area contributed by atoms with Gasteiger partial charge in [-0.05, 0) is 68.1 Å². The Labute approximate surface area is 197 Å². The maximum Gasteiger partial charge on any atom is 0.256 e. The number of amides is 1. The van der Waals surface area contributed by atoms with E-state index in [0.717, 1.165) is 36.2 Å². The van der Waals surface area contributed by atoms with E-state index >= 15 is 0 Å². The summed E-state index contributed by atoms with van der Waals surface area (Å²) in [7, 11) is 2.02. The van der Waals surface area contributed by atoms with Crippen LogP contribution in [0.25, 0.3) is 0 Å². The van der Waals surface area contributed by atoms with Crippen molar-refractivity contribution in [2.75, 3.05) is 31.7 Å². The Morgan fingerprint density at radius 2 is 1.48 bits per heavy atom. The van der Waals surface area contributed by atoms with E-state index in [2.05, 4.69) is 76.6 Å². The Morgan fingerprint density at radius 3 is 2.21 bits per heavy atom. The van der Waals surface area contributed by atoms with Gasteiger partial charge in [0, 0.05) is 13.6 Å². The number of rotatable bonds is 8. The van der Waals surface area contributed by atoms with Gasteiger partial charge in [0.15, 0.2) is 0 Å². The predicted molar refractivity (Wildman–Crippen MR) is 134 cm³/mol. The van der Waals surface area contributed by atoms with Crippen LogP contribution in [0.2, 0.25) is 0 Å². The summed E-state index contributed by atoms with van der Waals surface area (Å²) in [6.45, 7) is 4.12. The second kappa shape index (κ2) is 9.50. The van der Waals surface area contributed by atoms with Gasteiger partial charge in [-0.25, -0.2) is 10.0 Å². The molecule has 0 bridgehead atoms. The summed E-state index contributed by atoms with van der Waals surface area (Å²) in [6.07, 6.45) is 4.41. The Kier molecular flexibility index (Phi) is 6.30. The van der Waals surface area contributed by atoms with Gasteiger partial charge in [-0.1, -0.05) is 78.9 Å². The summed E-state index contributed by atoms with van der Waals surface area (Å²) in [5.41, 5.74) is 3.77. The minimum Gasteiger partial charge on any atom is -0.303 e. The van der Waals surface area contributed by atoms with E-state index in [9.17, 15) is 4.79 Å². The van der Waals surface area contributed by atoms with E-state index in [-0.39, 0.29) is 5.91 Å². The third kappa shape index (κ3) is 4.09. The molecule has 0 aliphatic carbocycles. The molecule has 0 aromatic heterocycles. The number of para-hydroxylation sites is 1. The number of nitrogens with zero attached hydrogens (tertiary/aromatic N) is 3. The van der Waals surface area contributed by atoms with Crippen LogP contribution in [0.15, 0.2) is 84.9 Å². The number of likely N-dealkylation sites (tertiary alicyclic amines) is 1. The van der Waals surface area contributed by atoms with Gasteiger partial charge in [-0.15, -0.1) is 0 Å². The lowest BCUT2D eigenvalue weighted by atomic mass is 9.72. The monoisotopic (exact) mass is 439 g/mol. The average Bonchev–Trinajstić information content (AvgIpc) is 3.45. The molecule has 1 fully saturated rings. The van der Waals surface area contributed by atoms with Gasteiger partial charge in [0.05, 0.1) is 5.69 Å². The highest BCUT2D eigenvalue weighted by molar-refractivity contribution is 6.09. The second-order valence-electron chi connectivity index (χ2n) is 9.36. The standard InChI is InChI=1S/C29H33N3O/c1-30(23-24-13-4-2-5-14-24)32-27-18-9-8-17-26(27)29(28(32)33,25-15-6-3-7-16-25)19-12-22-31-20-10-11-21-31/h2-9,13-18H,10-12,19-23H2,1H3. The first kappa shape index (κ1) is 21.9. The summed E-state index contributed by atoms with van der Waals surface area (Å²) in [5, 5.41) is 3.99. The maximum absolute atomic E-state index is 14.4. The summed E-state index contributed by atoms with van der Waals surface area (Å²) in [6, 6.07) is 29.1. The Bertz CT molecular complexity index is 1080. The molecule has 2 heterocycles. The third-order valence-corrected chi connectivity index (χ3v) is 7.24. The first-order valence-electron chi connectivity index (χ1n) is 12.2. The molecule has 1 saturated heterocycles. The SMILES string of the molecule is CN(Cc1ccccc1)N1C(=O)C(CCCN2CCCC2)(c2ccccc2)c2ccccc21. The molecule has 33 heavy (non-hydrogen) atoms. The fourth-order valence-corrected chi connectivity index (χ4v) is 5.64. The zero-order chi connectivity index (χ0) is 22.7. The van der Waals surface area contributed by atoms with Crippen LogP contribution in [0.1, 0.15) is 42.4 Å². The van der Waals surface area contributed by atoms with E-state index in [0.29, 0.717) is 6.54 Å². The quantitative estimate of drug-likeness (QED) is 0.480. The molecule has 0 spiro atoms. The number of carbonyl (C=O) groups excluding carboxylic acids is 1. The fourth-order valence-electron chi connectivity index (χ4n) is 5.64. The zero-order valence-electron chi connectivity index (χ0n) is 19.5. The van der Waals surface area contributed by atoms with Crippen molar-refractivity contribution in [3.8, 4) is 0 Å². The normalized spacial score (nSPS) is 20.5. The largest absolute Gasteiger partial charge is 0.303 e. The predicted octanol–water partition coefficient (Wildman–Crippen LogP) is 5.24. The highest BCUT2D eigenvalue weighted by Crippen LogP contribution is 2.49. The molecule has 4 nitrogen and oxygen atoms in total. The van der Waals surface area contributed by atoms with Crippen molar-refractivity contribution in [2.45, 2.75) is 37.6 Å². The van der Waals surface area contributed by atoms with Crippen molar-refractivity contribution in [3.05, 3.63) is 102 Å². The summed E-state index contributed by atoms with van der Waals surface area (Å²) in [5.74, 6) is 0.162. The van der Waals surface area contributed by atoms with Crippen LogP contribution in [-0.2, 0) is 16.8 Å². The second-order valence-corrected chi connectivity index (χ2v) is 9.36. The molecular weight excluding hydrogens is 406 g/mol. The van der Waals surface area contributed by atoms with Crippen LogP contribution in [0, 0.1) is 0 Å². The molecule has 4 heteroatoms. The fraction of sp³-hybridized carbons (Fsp3) is 0.345. The summed E-state index contributed by atoms with van der Waals surface area (Å²) < 4.78 is 0. The number of hydrogen-bond donors (Lipinski definition) is 0. The molecule has 3 aromatic carbocycles. The molecule has 170 valence electrons. The van der Waals surface area contributed by atoms with Crippen LogP contribution in [0.5, 0.6) is 0 Å². The highest BCUT2D eigenvalue weighted by Gasteiger charge is 2.52. The molecule has 0 radical (unpaired) electrons. The Hall–Kier alpha value is -2.95. The molecule has 1 atom stereocenters. The third-order valence-electron chi connectivity index (χ3n) is 7.24. The number of carbonyl (C=O) groups is 1. The Morgan fingerprint density at radius 1 is 0.848 bits per heavy atom. The van der Waals surface area contributed by atoms with E-state index in [1.165, 1.54) is 31.5 Å². The topological polar surface area (TPSA) is 26.8 Å². The molecule has 0 saturated carbocycles. The van der Waals surface area contributed by atoms with Crippen molar-refractivity contribution in [1.82, 2.24) is 9.91 Å². The summed E-state index contributed by atoms with van der Waals surface area (Å²) in [4.78, 5) is 17.0. The number of benzene rings is 3. The van der Waals surface area contributed by atoms with Gasteiger partial charge in [0.25, 0.3) is 5.91 Å². The van der Waals surface area contributed by atoms with Gasteiger partial charge in [0.1, 0.15) is 5.41 Å². The lowest BCUT2D eigenvalue weighted by Crippen LogP contribution is -2.48. The van der Waals surface area contributed by atoms with E-state index in [1.54, 1.807) is 0 Å². The van der Waals surface area contributed by atoms with Crippen LogP contribution >= 0.6 is 0 Å². The van der Waals surface area contributed by atoms with Gasteiger partial charge in [-0.3, -0.25) is 4.79 Å². The lowest BCUT2D eigenvalue weighted by Gasteiger charge is -2.33. The first-order chi connectivity index (χ1) is 16.2. The van der Waals surface area contributed by atoms with Crippen molar-refractivity contribution >= 4 is 11.6 Å². The average molecular weight is 440 g/mol. The van der Waals surface area contributed by atoms with Crippen LogP contribution in [-0.4, -0.2) is 42.5 Å². The van der Waals surface area contributed by atoms with E-state index < -0.39 is 5.41 Å². The van der Waals surface area contributed by atoms with E-state index in [4.69, 9.17) is 0 Å². The number of hydrazine groups is 1. The van der Waals surface area contributed by atoms with Crippen molar-refractivity contribution in [1.29, 1.82) is 0 Å². The van der Waals surface area contributed by atoms with Crippen LogP contribution in [0.4, 0.5) is 5.69 Å². The van der Waals surface area contributed by atoms with Gasteiger partial charge >= 0.3 is 0 Å². The molecule has 3 aromatic rings. The molecule has 0 N–H and O–H groups in total. The van der Waals surface area contributed by atoms with Crippen molar-refractivity contribution in [3.63, 3.8) is 0 Å². The number of hydrogen-bond acceptors (Lipinski definition) is 3. The molecule has 1 amide bonds. The molecule has 2 aliphatic rings. The first-order valence-corrected chi connectivity index (χ1v) is 12.2. The minimum absolute atomic E-state index is 0.162. The number of anilines is 1. The highest BCUT2D eigenvalue weighted by atomic mass is 16.2. The minimum atomic E-state index is -0.650. The zero-order valence-corrected chi connectivity index (χ0v) is 19.5. The summed E-state index contributed by atoms with van der Waals surface area (Å²) >= 11 is 0. The van der Waals surface area contributed by atoms with Gasteiger partial charge < -0.3 is 4.90 Å². The van der Waals surface area contributed by atoms with E-state index in [1.807, 2.05) is 30.3 Å². The molecule has 1 unspecified atom stereocenters. The molecule has 2 aliphatic heterocycles. The number of fused-ring (bicyclic) bond motifs is 1.